The highest BCUT2D eigenvalue weighted by Gasteiger charge is 2.58. The van der Waals surface area contributed by atoms with Gasteiger partial charge < -0.3 is 9.64 Å². The normalized spacial score (nSPS) is 32.6. The molecule has 0 spiro atoms. The van der Waals surface area contributed by atoms with Crippen molar-refractivity contribution in [2.24, 2.45) is 23.2 Å². The number of carbonyl (C=O) groups is 2. The Morgan fingerprint density at radius 1 is 1.18 bits per heavy atom. The summed E-state index contributed by atoms with van der Waals surface area (Å²) in [6.45, 7) is 4.13. The number of nitrogens with zero attached hydrogens (tertiary/aromatic N) is 1. The zero-order valence-electron chi connectivity index (χ0n) is 21.0. The molecule has 5 heteroatoms. The van der Waals surface area contributed by atoms with E-state index in [9.17, 15) is 9.59 Å². The molecule has 186 valence electrons. The van der Waals surface area contributed by atoms with Gasteiger partial charge in [-0.25, -0.2) is 0 Å². The van der Waals surface area contributed by atoms with Gasteiger partial charge in [-0.2, -0.15) is 11.8 Å². The Balaban J connectivity index is 1.19. The number of methoxy groups -OCH3 is 1. The fourth-order valence-corrected chi connectivity index (χ4v) is 8.74. The number of unbranched alkanes of at least 4 members (excludes halogenated alkanes) is 2. The van der Waals surface area contributed by atoms with Crippen molar-refractivity contribution < 1.29 is 14.3 Å². The number of hydrogen-bond donors (Lipinski definition) is 0. The molecule has 0 aromatic heterocycles. The first-order valence-electron chi connectivity index (χ1n) is 13.6. The van der Waals surface area contributed by atoms with E-state index < -0.39 is 0 Å². The average molecular weight is 484 g/mol. The highest BCUT2D eigenvalue weighted by Crippen LogP contribution is 2.62. The predicted octanol–water partition coefficient (Wildman–Crippen LogP) is 5.87. The molecule has 1 aromatic rings. The zero-order chi connectivity index (χ0) is 23.7. The van der Waals surface area contributed by atoms with Crippen molar-refractivity contribution in [2.45, 2.75) is 77.0 Å². The van der Waals surface area contributed by atoms with Crippen LogP contribution in [-0.4, -0.2) is 48.3 Å². The van der Waals surface area contributed by atoms with Crippen LogP contribution in [0.5, 0.6) is 5.75 Å². The molecule has 5 atom stereocenters. The first kappa shape index (κ1) is 24.2. The van der Waals surface area contributed by atoms with Gasteiger partial charge in [-0.3, -0.25) is 9.59 Å². The SMILES string of the molecule is COc1ccc2c(c1)CC[C@H]1[C@@H]3[C@H](CCCCCC(=O)N4CCSCC4)CC(=O)[C@@]3(C)CC[C@H]21. The molecule has 1 aliphatic heterocycles. The molecular formula is C29H41NO3S. The second-order valence-electron chi connectivity index (χ2n) is 11.3. The van der Waals surface area contributed by atoms with E-state index in [1.165, 1.54) is 17.5 Å². The second-order valence-corrected chi connectivity index (χ2v) is 12.6. The molecule has 1 aromatic carbocycles. The van der Waals surface area contributed by atoms with Crippen LogP contribution < -0.4 is 4.74 Å². The molecule has 0 unspecified atom stereocenters. The average Bonchev–Trinajstić information content (AvgIpc) is 3.13. The van der Waals surface area contributed by atoms with Crippen LogP contribution in [0.1, 0.15) is 81.8 Å². The number of amides is 1. The van der Waals surface area contributed by atoms with Crippen LogP contribution in [0.2, 0.25) is 0 Å². The van der Waals surface area contributed by atoms with Crippen molar-refractivity contribution in [1.82, 2.24) is 4.90 Å². The number of ketones is 1. The summed E-state index contributed by atoms with van der Waals surface area (Å²) in [4.78, 5) is 27.7. The van der Waals surface area contributed by atoms with Gasteiger partial charge in [0.05, 0.1) is 7.11 Å². The minimum atomic E-state index is -0.113. The minimum Gasteiger partial charge on any atom is -0.497 e. The van der Waals surface area contributed by atoms with E-state index in [0.29, 0.717) is 41.8 Å². The molecule has 0 radical (unpaired) electrons. The highest BCUT2D eigenvalue weighted by atomic mass is 32.2. The molecule has 3 fully saturated rings. The Kier molecular flexibility index (Phi) is 7.30. The number of Topliss-reactive ketones (excluding diaryl/α,β-unsaturated/α-hetero) is 1. The summed E-state index contributed by atoms with van der Waals surface area (Å²) in [6, 6.07) is 6.66. The topological polar surface area (TPSA) is 46.6 Å². The lowest BCUT2D eigenvalue weighted by molar-refractivity contribution is -0.131. The summed E-state index contributed by atoms with van der Waals surface area (Å²) < 4.78 is 5.48. The number of hydrogen-bond acceptors (Lipinski definition) is 4. The summed E-state index contributed by atoms with van der Waals surface area (Å²) in [5.74, 6) is 6.29. The number of aryl methyl sites for hydroxylation is 1. The molecule has 4 nitrogen and oxygen atoms in total. The van der Waals surface area contributed by atoms with E-state index in [2.05, 4.69) is 30.0 Å². The molecule has 0 N–H and O–H groups in total. The van der Waals surface area contributed by atoms with Crippen molar-refractivity contribution in [1.29, 1.82) is 0 Å². The van der Waals surface area contributed by atoms with Crippen molar-refractivity contribution in [3.63, 3.8) is 0 Å². The van der Waals surface area contributed by atoms with Gasteiger partial charge >= 0.3 is 0 Å². The molecule has 0 bridgehead atoms. The molecular weight excluding hydrogens is 442 g/mol. The molecule has 34 heavy (non-hydrogen) atoms. The van der Waals surface area contributed by atoms with Gasteiger partial charge in [0.15, 0.2) is 0 Å². The first-order chi connectivity index (χ1) is 16.5. The summed E-state index contributed by atoms with van der Waals surface area (Å²) in [6.07, 6.45) is 10.4. The van der Waals surface area contributed by atoms with Gasteiger partial charge in [-0.1, -0.05) is 25.8 Å². The van der Waals surface area contributed by atoms with Crippen LogP contribution in [0.3, 0.4) is 0 Å². The molecule has 1 heterocycles. The number of rotatable bonds is 7. The third-order valence-electron chi connectivity index (χ3n) is 9.61. The highest BCUT2D eigenvalue weighted by molar-refractivity contribution is 7.99. The monoisotopic (exact) mass is 483 g/mol. The van der Waals surface area contributed by atoms with Crippen molar-refractivity contribution in [2.75, 3.05) is 31.7 Å². The molecule has 1 saturated heterocycles. The largest absolute Gasteiger partial charge is 0.497 e. The smallest absolute Gasteiger partial charge is 0.222 e. The van der Waals surface area contributed by atoms with Crippen LogP contribution in [0.4, 0.5) is 0 Å². The van der Waals surface area contributed by atoms with E-state index in [1.54, 1.807) is 7.11 Å². The van der Waals surface area contributed by atoms with E-state index in [4.69, 9.17) is 4.74 Å². The molecule has 4 aliphatic rings. The second kappa shape index (κ2) is 10.2. The van der Waals surface area contributed by atoms with Crippen molar-refractivity contribution in [3.8, 4) is 5.75 Å². The number of benzene rings is 1. The lowest BCUT2D eigenvalue weighted by Gasteiger charge is -2.50. The standard InChI is InChI=1S/C29H41NO3S/c1-29-13-12-24-23-11-9-22(33-2)18-20(23)8-10-25(24)28(29)21(19-26(29)31)6-4-3-5-7-27(32)30-14-16-34-17-15-30/h9,11,18,21,24-25,28H,3-8,10,12-17,19H2,1-2H3/t21-,24-,25-,28+,29-/m1/s1. The van der Waals surface area contributed by atoms with Crippen LogP contribution in [-0.2, 0) is 16.0 Å². The van der Waals surface area contributed by atoms with E-state index in [-0.39, 0.29) is 5.41 Å². The lowest BCUT2D eigenvalue weighted by Crippen LogP contribution is -2.44. The van der Waals surface area contributed by atoms with E-state index in [1.807, 2.05) is 11.8 Å². The van der Waals surface area contributed by atoms with E-state index in [0.717, 1.165) is 81.7 Å². The maximum atomic E-state index is 13.2. The molecule has 3 aliphatic carbocycles. The van der Waals surface area contributed by atoms with Crippen LogP contribution in [0.15, 0.2) is 18.2 Å². The predicted molar refractivity (Wildman–Crippen MR) is 138 cm³/mol. The minimum absolute atomic E-state index is 0.113. The van der Waals surface area contributed by atoms with Gasteiger partial charge in [-0.15, -0.1) is 0 Å². The van der Waals surface area contributed by atoms with Gasteiger partial charge in [0.25, 0.3) is 0 Å². The molecule has 5 rings (SSSR count). The zero-order valence-corrected chi connectivity index (χ0v) is 21.8. The van der Waals surface area contributed by atoms with Gasteiger partial charge in [0.2, 0.25) is 5.91 Å². The first-order valence-corrected chi connectivity index (χ1v) is 14.7. The van der Waals surface area contributed by atoms with Gasteiger partial charge in [0.1, 0.15) is 11.5 Å². The van der Waals surface area contributed by atoms with Crippen LogP contribution in [0.25, 0.3) is 0 Å². The van der Waals surface area contributed by atoms with E-state index >= 15 is 0 Å². The van der Waals surface area contributed by atoms with Gasteiger partial charge in [-0.05, 0) is 85.5 Å². The quantitative estimate of drug-likeness (QED) is 0.455. The fraction of sp³-hybridized carbons (Fsp3) is 0.724. The number of fused-ring (bicyclic) bond motifs is 5. The Bertz CT molecular complexity index is 911. The Labute approximate surface area is 209 Å². The van der Waals surface area contributed by atoms with Crippen molar-refractivity contribution in [3.05, 3.63) is 29.3 Å². The fourth-order valence-electron chi connectivity index (χ4n) is 7.84. The molecule has 2 saturated carbocycles. The van der Waals surface area contributed by atoms with Crippen LogP contribution >= 0.6 is 11.8 Å². The summed E-state index contributed by atoms with van der Waals surface area (Å²) >= 11 is 1.95. The maximum absolute atomic E-state index is 13.2. The maximum Gasteiger partial charge on any atom is 0.222 e. The lowest BCUT2D eigenvalue weighted by atomic mass is 9.54. The Morgan fingerprint density at radius 3 is 2.79 bits per heavy atom. The van der Waals surface area contributed by atoms with Crippen molar-refractivity contribution >= 4 is 23.5 Å². The summed E-state index contributed by atoms with van der Waals surface area (Å²) in [5, 5.41) is 0. The Morgan fingerprint density at radius 2 is 2.00 bits per heavy atom. The third kappa shape index (κ3) is 4.54. The van der Waals surface area contributed by atoms with Crippen LogP contribution in [0, 0.1) is 23.2 Å². The third-order valence-corrected chi connectivity index (χ3v) is 10.5. The molecule has 1 amide bonds. The number of ether oxygens (including phenoxy) is 1. The summed E-state index contributed by atoms with van der Waals surface area (Å²) in [5.41, 5.74) is 2.87. The van der Waals surface area contributed by atoms with Gasteiger partial charge in [0, 0.05) is 42.9 Å². The Hall–Kier alpha value is -1.49. The summed E-state index contributed by atoms with van der Waals surface area (Å²) in [7, 11) is 1.75. The number of thioether (sulfide) groups is 1. The number of carbonyl (C=O) groups excluding carboxylic acids is 2.